The van der Waals surface area contributed by atoms with Gasteiger partial charge in [0.15, 0.2) is 5.96 Å². The standard InChI is InChI=1S/C15H24ClN3O.HI/c1-4-17-15(18-9-12(2)11-20)19(3)10-13-6-5-7-14(16)8-13;/h5-8,12,20H,4,9-11H2,1-3H3,(H,17,18);1H. The molecule has 0 heterocycles. The zero-order valence-electron chi connectivity index (χ0n) is 12.8. The van der Waals surface area contributed by atoms with E-state index in [1.54, 1.807) is 0 Å². The molecule has 0 aliphatic heterocycles. The van der Waals surface area contributed by atoms with Gasteiger partial charge >= 0.3 is 0 Å². The van der Waals surface area contributed by atoms with Crippen LogP contribution in [0.1, 0.15) is 19.4 Å². The van der Waals surface area contributed by atoms with Crippen molar-refractivity contribution in [3.63, 3.8) is 0 Å². The van der Waals surface area contributed by atoms with Gasteiger partial charge in [-0.25, -0.2) is 0 Å². The van der Waals surface area contributed by atoms with Gasteiger partial charge in [-0.3, -0.25) is 4.99 Å². The highest BCUT2D eigenvalue weighted by Crippen LogP contribution is 2.12. The Kier molecular flexibility index (Phi) is 10.8. The van der Waals surface area contributed by atoms with Crippen molar-refractivity contribution in [3.05, 3.63) is 34.9 Å². The number of guanidine groups is 1. The monoisotopic (exact) mass is 425 g/mol. The SMILES string of the molecule is CCNC(=NCC(C)CO)N(C)Cc1cccc(Cl)c1.I. The maximum Gasteiger partial charge on any atom is 0.193 e. The summed E-state index contributed by atoms with van der Waals surface area (Å²) < 4.78 is 0. The molecule has 2 N–H and O–H groups in total. The molecule has 0 fully saturated rings. The molecule has 0 aliphatic carbocycles. The van der Waals surface area contributed by atoms with Gasteiger partial charge in [0.25, 0.3) is 0 Å². The smallest absolute Gasteiger partial charge is 0.193 e. The summed E-state index contributed by atoms with van der Waals surface area (Å²) in [6, 6.07) is 7.82. The van der Waals surface area contributed by atoms with Crippen molar-refractivity contribution in [1.82, 2.24) is 10.2 Å². The summed E-state index contributed by atoms with van der Waals surface area (Å²) in [5.41, 5.74) is 1.14. The van der Waals surface area contributed by atoms with Crippen molar-refractivity contribution in [1.29, 1.82) is 0 Å². The van der Waals surface area contributed by atoms with Crippen LogP contribution in [0.15, 0.2) is 29.3 Å². The Labute approximate surface area is 149 Å². The van der Waals surface area contributed by atoms with Gasteiger partial charge < -0.3 is 15.3 Å². The van der Waals surface area contributed by atoms with Gasteiger partial charge in [0.2, 0.25) is 0 Å². The molecule has 0 spiro atoms. The van der Waals surface area contributed by atoms with Gasteiger partial charge in [-0.1, -0.05) is 30.7 Å². The molecule has 120 valence electrons. The number of halogens is 2. The minimum absolute atomic E-state index is 0. The third-order valence-electron chi connectivity index (χ3n) is 2.87. The zero-order chi connectivity index (χ0) is 15.0. The summed E-state index contributed by atoms with van der Waals surface area (Å²) in [6.45, 7) is 6.33. The fourth-order valence-corrected chi connectivity index (χ4v) is 1.97. The van der Waals surface area contributed by atoms with E-state index in [0.717, 1.165) is 29.6 Å². The average molecular weight is 426 g/mol. The molecule has 4 nitrogen and oxygen atoms in total. The molecule has 0 bridgehead atoms. The van der Waals surface area contributed by atoms with Crippen LogP contribution in [-0.4, -0.2) is 42.7 Å². The number of benzene rings is 1. The lowest BCUT2D eigenvalue weighted by Gasteiger charge is -2.22. The van der Waals surface area contributed by atoms with Crippen LogP contribution < -0.4 is 5.32 Å². The molecule has 0 aliphatic rings. The van der Waals surface area contributed by atoms with Crippen molar-refractivity contribution in [3.8, 4) is 0 Å². The predicted molar refractivity (Wildman–Crippen MR) is 101 cm³/mol. The van der Waals surface area contributed by atoms with Crippen molar-refractivity contribution in [2.24, 2.45) is 10.9 Å². The molecule has 1 atom stereocenters. The van der Waals surface area contributed by atoms with Gasteiger partial charge in [0, 0.05) is 38.3 Å². The van der Waals surface area contributed by atoms with Crippen molar-refractivity contribution < 1.29 is 5.11 Å². The second-order valence-electron chi connectivity index (χ2n) is 4.97. The molecule has 1 rings (SSSR count). The number of hydrogen-bond donors (Lipinski definition) is 2. The maximum atomic E-state index is 9.06. The summed E-state index contributed by atoms with van der Waals surface area (Å²) in [4.78, 5) is 6.60. The second kappa shape index (κ2) is 11.1. The summed E-state index contributed by atoms with van der Waals surface area (Å²) >= 11 is 6.00. The maximum absolute atomic E-state index is 9.06. The third-order valence-corrected chi connectivity index (χ3v) is 3.10. The van der Waals surface area contributed by atoms with E-state index in [-0.39, 0.29) is 36.5 Å². The van der Waals surface area contributed by atoms with E-state index in [1.807, 2.05) is 45.2 Å². The van der Waals surface area contributed by atoms with E-state index >= 15 is 0 Å². The Bertz CT molecular complexity index is 443. The molecule has 0 saturated carbocycles. The first-order chi connectivity index (χ1) is 9.56. The molecule has 1 aromatic carbocycles. The Hall–Kier alpha value is -0.530. The Morgan fingerprint density at radius 3 is 2.76 bits per heavy atom. The lowest BCUT2D eigenvalue weighted by molar-refractivity contribution is 0.241. The largest absolute Gasteiger partial charge is 0.396 e. The van der Waals surface area contributed by atoms with Gasteiger partial charge in [-0.2, -0.15) is 0 Å². The molecule has 0 aromatic heterocycles. The number of aliphatic hydroxyl groups excluding tert-OH is 1. The third kappa shape index (κ3) is 7.87. The van der Waals surface area contributed by atoms with Crippen molar-refractivity contribution >= 4 is 41.5 Å². The summed E-state index contributed by atoms with van der Waals surface area (Å²) in [6.07, 6.45) is 0. The molecular formula is C15H25ClIN3O. The minimum Gasteiger partial charge on any atom is -0.396 e. The first-order valence-corrected chi connectivity index (χ1v) is 7.29. The first-order valence-electron chi connectivity index (χ1n) is 6.91. The lowest BCUT2D eigenvalue weighted by Crippen LogP contribution is -2.38. The van der Waals surface area contributed by atoms with E-state index in [1.165, 1.54) is 0 Å². The predicted octanol–water partition coefficient (Wildman–Crippen LogP) is 2.98. The number of hydrogen-bond acceptors (Lipinski definition) is 2. The summed E-state index contributed by atoms with van der Waals surface area (Å²) in [5, 5.41) is 13.1. The fraction of sp³-hybridized carbons (Fsp3) is 0.533. The second-order valence-corrected chi connectivity index (χ2v) is 5.40. The number of aliphatic imine (C=N–C) groups is 1. The van der Waals surface area contributed by atoms with Crippen LogP contribution in [0.25, 0.3) is 0 Å². The number of aliphatic hydroxyl groups is 1. The van der Waals surface area contributed by atoms with Crippen LogP contribution in [0, 0.1) is 5.92 Å². The van der Waals surface area contributed by atoms with Crippen molar-refractivity contribution in [2.45, 2.75) is 20.4 Å². The van der Waals surface area contributed by atoms with Crippen LogP contribution in [0.2, 0.25) is 5.02 Å². The van der Waals surface area contributed by atoms with Gasteiger partial charge in [0.1, 0.15) is 0 Å². The van der Waals surface area contributed by atoms with Crippen LogP contribution in [-0.2, 0) is 6.54 Å². The topological polar surface area (TPSA) is 47.9 Å². The summed E-state index contributed by atoms with van der Waals surface area (Å²) in [7, 11) is 1.99. The summed E-state index contributed by atoms with van der Waals surface area (Å²) in [5.74, 6) is 1.01. The van der Waals surface area contributed by atoms with Crippen LogP contribution >= 0.6 is 35.6 Å². The Morgan fingerprint density at radius 1 is 1.48 bits per heavy atom. The average Bonchev–Trinajstić information content (AvgIpc) is 2.42. The van der Waals surface area contributed by atoms with Crippen LogP contribution in [0.4, 0.5) is 0 Å². The van der Waals surface area contributed by atoms with E-state index in [4.69, 9.17) is 16.7 Å². The van der Waals surface area contributed by atoms with Crippen LogP contribution in [0.3, 0.4) is 0 Å². The number of rotatable bonds is 6. The molecule has 6 heteroatoms. The zero-order valence-corrected chi connectivity index (χ0v) is 15.9. The normalized spacial score (nSPS) is 12.5. The molecule has 21 heavy (non-hydrogen) atoms. The van der Waals surface area contributed by atoms with Gasteiger partial charge in [-0.05, 0) is 30.5 Å². The fourth-order valence-electron chi connectivity index (χ4n) is 1.75. The highest BCUT2D eigenvalue weighted by molar-refractivity contribution is 14.0. The highest BCUT2D eigenvalue weighted by atomic mass is 127. The quantitative estimate of drug-likeness (QED) is 0.418. The number of nitrogens with zero attached hydrogens (tertiary/aromatic N) is 2. The molecule has 1 aromatic rings. The Balaban J connectivity index is 0.00000400. The van der Waals surface area contributed by atoms with E-state index in [2.05, 4.69) is 15.2 Å². The van der Waals surface area contributed by atoms with Crippen molar-refractivity contribution in [2.75, 3.05) is 26.7 Å². The van der Waals surface area contributed by atoms with E-state index in [9.17, 15) is 0 Å². The first kappa shape index (κ1) is 20.5. The van der Waals surface area contributed by atoms with Gasteiger partial charge in [0.05, 0.1) is 0 Å². The molecule has 0 saturated heterocycles. The van der Waals surface area contributed by atoms with Crippen LogP contribution in [0.5, 0.6) is 0 Å². The number of nitrogens with one attached hydrogen (secondary N) is 1. The van der Waals surface area contributed by atoms with E-state index in [0.29, 0.717) is 6.54 Å². The lowest BCUT2D eigenvalue weighted by atomic mass is 10.2. The minimum atomic E-state index is 0. The molecule has 1 unspecified atom stereocenters. The molecule has 0 amide bonds. The van der Waals surface area contributed by atoms with Gasteiger partial charge in [-0.15, -0.1) is 24.0 Å². The molecule has 0 radical (unpaired) electrons. The molecular weight excluding hydrogens is 401 g/mol. The van der Waals surface area contributed by atoms with E-state index < -0.39 is 0 Å². The highest BCUT2D eigenvalue weighted by Gasteiger charge is 2.07. The Morgan fingerprint density at radius 2 is 2.19 bits per heavy atom.